The Morgan fingerprint density at radius 1 is 1.65 bits per heavy atom. The highest BCUT2D eigenvalue weighted by Crippen LogP contribution is 2.35. The summed E-state index contributed by atoms with van der Waals surface area (Å²) >= 11 is 9.50. The number of fused-ring (bicyclic) bond motifs is 1. The van der Waals surface area contributed by atoms with Crippen LogP contribution in [-0.2, 0) is 6.54 Å². The van der Waals surface area contributed by atoms with Gasteiger partial charge in [-0.25, -0.2) is 9.97 Å². The van der Waals surface area contributed by atoms with Crippen LogP contribution >= 0.6 is 27.5 Å². The van der Waals surface area contributed by atoms with Gasteiger partial charge in [-0.15, -0.1) is 0 Å². The van der Waals surface area contributed by atoms with Crippen molar-refractivity contribution in [3.05, 3.63) is 21.6 Å². The number of aromatic nitrogens is 3. The third-order valence-corrected chi connectivity index (χ3v) is 4.09. The van der Waals surface area contributed by atoms with E-state index in [1.54, 1.807) is 6.20 Å². The molecule has 102 valence electrons. The zero-order valence-corrected chi connectivity index (χ0v) is 12.6. The summed E-state index contributed by atoms with van der Waals surface area (Å²) in [5.41, 5.74) is 1.13. The van der Waals surface area contributed by atoms with Crippen LogP contribution in [0, 0.1) is 17.2 Å². The van der Waals surface area contributed by atoms with Gasteiger partial charge in [0.2, 0.25) is 5.71 Å². The SMILES string of the molecule is N#CC(=NO)c1nc2c(Cl)ncc(Br)c2n1CC1CC1. The summed E-state index contributed by atoms with van der Waals surface area (Å²) in [6.07, 6.45) is 3.89. The summed E-state index contributed by atoms with van der Waals surface area (Å²) in [7, 11) is 0. The van der Waals surface area contributed by atoms with Crippen molar-refractivity contribution in [1.82, 2.24) is 14.5 Å². The molecular weight excluding hydrogens is 346 g/mol. The number of nitrogens with zero attached hydrogens (tertiary/aromatic N) is 5. The molecule has 0 saturated heterocycles. The largest absolute Gasteiger partial charge is 0.410 e. The Balaban J connectivity index is 2.30. The summed E-state index contributed by atoms with van der Waals surface area (Å²) in [6, 6.07) is 1.84. The third kappa shape index (κ3) is 2.15. The molecule has 8 heteroatoms. The number of pyridine rings is 1. The van der Waals surface area contributed by atoms with Gasteiger partial charge in [-0.1, -0.05) is 16.8 Å². The maximum absolute atomic E-state index is 9.06. The number of halogens is 2. The molecule has 2 aromatic heterocycles. The number of nitriles is 1. The molecule has 20 heavy (non-hydrogen) atoms. The Hall–Kier alpha value is -1.65. The van der Waals surface area contributed by atoms with Gasteiger partial charge >= 0.3 is 0 Å². The van der Waals surface area contributed by atoms with Gasteiger partial charge in [0.05, 0.1) is 9.99 Å². The monoisotopic (exact) mass is 353 g/mol. The lowest BCUT2D eigenvalue weighted by molar-refractivity contribution is 0.319. The second-order valence-electron chi connectivity index (χ2n) is 4.64. The van der Waals surface area contributed by atoms with Gasteiger partial charge in [-0.05, 0) is 34.7 Å². The molecule has 0 radical (unpaired) electrons. The molecule has 0 amide bonds. The fourth-order valence-corrected chi connectivity index (χ4v) is 2.79. The Labute approximate surface area is 127 Å². The molecule has 1 aliphatic rings. The van der Waals surface area contributed by atoms with Gasteiger partial charge in [-0.3, -0.25) is 0 Å². The van der Waals surface area contributed by atoms with Crippen LogP contribution in [0.3, 0.4) is 0 Å². The average Bonchev–Trinajstić information content (AvgIpc) is 3.17. The van der Waals surface area contributed by atoms with Crippen LogP contribution in [0.25, 0.3) is 11.0 Å². The number of imidazole rings is 1. The third-order valence-electron chi connectivity index (χ3n) is 3.24. The number of rotatable bonds is 3. The van der Waals surface area contributed by atoms with E-state index in [0.29, 0.717) is 23.8 Å². The van der Waals surface area contributed by atoms with Crippen molar-refractivity contribution in [2.24, 2.45) is 11.1 Å². The summed E-state index contributed by atoms with van der Waals surface area (Å²) in [6.45, 7) is 0.714. The molecule has 2 heterocycles. The maximum atomic E-state index is 9.06. The van der Waals surface area contributed by atoms with Gasteiger partial charge in [0.15, 0.2) is 11.0 Å². The molecule has 0 unspecified atom stereocenters. The van der Waals surface area contributed by atoms with Crippen LogP contribution < -0.4 is 0 Å². The lowest BCUT2D eigenvalue weighted by atomic mass is 10.3. The van der Waals surface area contributed by atoms with Crippen molar-refractivity contribution >= 4 is 44.3 Å². The Morgan fingerprint density at radius 2 is 2.40 bits per heavy atom. The molecule has 0 aliphatic heterocycles. The van der Waals surface area contributed by atoms with Crippen molar-refractivity contribution in [2.75, 3.05) is 0 Å². The zero-order valence-electron chi connectivity index (χ0n) is 10.2. The van der Waals surface area contributed by atoms with E-state index < -0.39 is 0 Å². The Bertz CT molecular complexity index is 759. The van der Waals surface area contributed by atoms with Crippen LogP contribution in [0.1, 0.15) is 18.7 Å². The fraction of sp³-hybridized carbons (Fsp3) is 0.333. The minimum absolute atomic E-state index is 0.134. The van der Waals surface area contributed by atoms with Gasteiger partial charge in [0.1, 0.15) is 11.6 Å². The Kier molecular flexibility index (Phi) is 3.36. The summed E-state index contributed by atoms with van der Waals surface area (Å²) in [5.74, 6) is 0.871. The van der Waals surface area contributed by atoms with Crippen LogP contribution in [0.2, 0.25) is 5.15 Å². The number of hydrogen-bond donors (Lipinski definition) is 1. The first-order valence-electron chi connectivity index (χ1n) is 5.98. The van der Waals surface area contributed by atoms with E-state index in [-0.39, 0.29) is 10.9 Å². The van der Waals surface area contributed by atoms with Crippen LogP contribution in [0.5, 0.6) is 0 Å². The highest BCUT2D eigenvalue weighted by molar-refractivity contribution is 9.10. The normalized spacial score (nSPS) is 15.6. The molecule has 1 N–H and O–H groups in total. The lowest BCUT2D eigenvalue weighted by Gasteiger charge is -2.07. The van der Waals surface area contributed by atoms with E-state index in [4.69, 9.17) is 22.1 Å². The first kappa shape index (κ1) is 13.3. The fourth-order valence-electron chi connectivity index (χ4n) is 2.11. The number of hydrogen-bond acceptors (Lipinski definition) is 5. The highest BCUT2D eigenvalue weighted by Gasteiger charge is 2.27. The van der Waals surface area contributed by atoms with Gasteiger partial charge < -0.3 is 9.77 Å². The maximum Gasteiger partial charge on any atom is 0.222 e. The molecule has 1 fully saturated rings. The van der Waals surface area contributed by atoms with Gasteiger partial charge in [0.25, 0.3) is 0 Å². The second-order valence-corrected chi connectivity index (χ2v) is 5.86. The Morgan fingerprint density at radius 3 is 3.00 bits per heavy atom. The van der Waals surface area contributed by atoms with E-state index in [9.17, 15) is 0 Å². The first-order chi connectivity index (χ1) is 9.65. The van der Waals surface area contributed by atoms with Crippen molar-refractivity contribution < 1.29 is 5.21 Å². The number of oxime groups is 1. The second kappa shape index (κ2) is 5.04. The van der Waals surface area contributed by atoms with Crippen LogP contribution in [0.15, 0.2) is 15.8 Å². The molecule has 0 bridgehead atoms. The summed E-state index contributed by atoms with van der Waals surface area (Å²) < 4.78 is 2.61. The van der Waals surface area contributed by atoms with Crippen LogP contribution in [-0.4, -0.2) is 25.5 Å². The van der Waals surface area contributed by atoms with E-state index in [2.05, 4.69) is 31.1 Å². The average molecular weight is 355 g/mol. The zero-order chi connectivity index (χ0) is 14.3. The molecule has 1 aliphatic carbocycles. The minimum Gasteiger partial charge on any atom is -0.410 e. The molecule has 0 atom stereocenters. The smallest absolute Gasteiger partial charge is 0.222 e. The highest BCUT2D eigenvalue weighted by atomic mass is 79.9. The first-order valence-corrected chi connectivity index (χ1v) is 7.15. The lowest BCUT2D eigenvalue weighted by Crippen LogP contribution is -2.11. The molecule has 0 aromatic carbocycles. The standard InChI is InChI=1S/C12H9BrClN5O/c13-7-4-16-11(14)9-10(7)19(5-6-1-2-6)12(17-9)8(3-15)18-20/h4,6,20H,1-2,5H2. The quantitative estimate of drug-likeness (QED) is 0.397. The van der Waals surface area contributed by atoms with E-state index in [0.717, 1.165) is 22.8 Å². The van der Waals surface area contributed by atoms with Crippen molar-refractivity contribution in [3.63, 3.8) is 0 Å². The molecule has 0 spiro atoms. The molecule has 3 rings (SSSR count). The molecule has 6 nitrogen and oxygen atoms in total. The minimum atomic E-state index is -0.134. The van der Waals surface area contributed by atoms with E-state index >= 15 is 0 Å². The van der Waals surface area contributed by atoms with Gasteiger partial charge in [-0.2, -0.15) is 5.26 Å². The predicted octanol–water partition coefficient (Wildman–Crippen LogP) is 2.96. The van der Waals surface area contributed by atoms with E-state index in [1.165, 1.54) is 0 Å². The van der Waals surface area contributed by atoms with Crippen molar-refractivity contribution in [3.8, 4) is 6.07 Å². The van der Waals surface area contributed by atoms with Crippen molar-refractivity contribution in [2.45, 2.75) is 19.4 Å². The topological polar surface area (TPSA) is 87.1 Å². The molecule has 1 saturated carbocycles. The van der Waals surface area contributed by atoms with Gasteiger partial charge in [0, 0.05) is 12.7 Å². The molecule has 2 aromatic rings. The van der Waals surface area contributed by atoms with E-state index in [1.807, 2.05) is 10.6 Å². The summed E-state index contributed by atoms with van der Waals surface area (Å²) in [5, 5.41) is 21.3. The van der Waals surface area contributed by atoms with Crippen LogP contribution in [0.4, 0.5) is 0 Å². The predicted molar refractivity (Wildman–Crippen MR) is 76.9 cm³/mol. The molecular formula is C12H9BrClN5O. The summed E-state index contributed by atoms with van der Waals surface area (Å²) in [4.78, 5) is 8.35. The van der Waals surface area contributed by atoms with Crippen molar-refractivity contribution in [1.29, 1.82) is 5.26 Å².